The summed E-state index contributed by atoms with van der Waals surface area (Å²) in [5.74, 6) is -6.71. The van der Waals surface area contributed by atoms with E-state index < -0.39 is 68.6 Å². The molecule has 3 aromatic carbocycles. The molecule has 19 nitrogen and oxygen atoms in total. The van der Waals surface area contributed by atoms with E-state index in [0.717, 1.165) is 30.0 Å². The third kappa shape index (κ3) is 40.3. The second kappa shape index (κ2) is 58.4. The van der Waals surface area contributed by atoms with Crippen molar-refractivity contribution in [3.8, 4) is 0 Å². The van der Waals surface area contributed by atoms with Gasteiger partial charge in [0.1, 0.15) is 6.54 Å². The molecule has 2 heterocycles. The van der Waals surface area contributed by atoms with Crippen LogP contribution in [-0.4, -0.2) is 164 Å². The first kappa shape index (κ1) is 99.1. The minimum Gasteiger partial charge on any atom is -0.480 e. The van der Waals surface area contributed by atoms with Crippen molar-refractivity contribution in [1.82, 2.24) is 20.0 Å². The molecule has 2 amide bonds. The van der Waals surface area contributed by atoms with Crippen molar-refractivity contribution in [2.45, 2.75) is 354 Å². The molecular weight excluding hydrogens is 1460 g/mol. The average Bonchev–Trinajstić information content (AvgIpc) is 1.60. The number of para-hydroxylation sites is 1. The predicted molar refractivity (Wildman–Crippen MR) is 474 cm³/mol. The first-order valence-corrected chi connectivity index (χ1v) is 45.7. The SMILES string of the molecule is CCCCCCCCCCCCCCCCCCCCCCN1/C(=C/C=C/C=C/C2=[N+](CCCCCCCCCCCCCCCCCCCCCC)c3ccccc3C2(C)C)C(C)(C)c2cc(CNC(=O)CCCC(=O)Nc3ccc(CC(CCN(CCN(CC(=O)O)CC(=O)O)CC(=O)O)N(CC(=O)O)CC(=O)O)cc3)ccc21. The Morgan fingerprint density at radius 3 is 1.35 bits per heavy atom. The number of nitrogens with zero attached hydrogens (tertiary/aromatic N) is 5. The molecule has 19 heteroatoms. The number of unbranched alkanes of at least 4 members (excludes halogenated alkanes) is 38. The average molecular weight is 1610 g/mol. The first-order chi connectivity index (χ1) is 56.0. The van der Waals surface area contributed by atoms with Gasteiger partial charge in [0.15, 0.2) is 5.71 Å². The molecule has 0 saturated carbocycles. The minimum atomic E-state index is -1.27. The Morgan fingerprint density at radius 1 is 0.440 bits per heavy atom. The number of carboxylic acid groups (broad SMARTS) is 5. The standard InChI is InChI=1S/C97H153N7O12/c1-7-9-11-13-15-17-19-21-23-25-27-29-31-33-35-37-39-41-43-50-66-103-85-54-49-48-53-83(85)96(3,4)87(103)55-46-45-47-56-88-97(5,6)84-72-80(61-64-86(84)104(88)67-51-44-42-40-38-36-34-32-30-28-26-24-22-20-18-16-14-12-10-8-2)73-98-89(105)57-52-58-90(106)99-81-62-59-79(60-63-81)71-82(102(77-94(113)114)78-95(115)116)65-68-100(74-91(107)108)69-70-101(75-92(109)110)76-93(111)112/h45-49,53-56,59-64,72,82H,7-44,50-52,57-58,65-71,73-78H2,1-6H3,(H6-,98,99,105,106,107,108,109,110,111,112,113,114,115,116)/p+1. The Morgan fingerprint density at radius 2 is 0.871 bits per heavy atom. The topological polar surface area (TPSA) is 261 Å². The van der Waals surface area contributed by atoms with Gasteiger partial charge in [-0.2, -0.15) is 4.58 Å². The summed E-state index contributed by atoms with van der Waals surface area (Å²) in [7, 11) is 0. The molecule has 648 valence electrons. The predicted octanol–water partition coefficient (Wildman–Crippen LogP) is 21.6. The van der Waals surface area contributed by atoms with Crippen molar-refractivity contribution in [3.63, 3.8) is 0 Å². The molecule has 7 N–H and O–H groups in total. The summed E-state index contributed by atoms with van der Waals surface area (Å²) >= 11 is 0. The van der Waals surface area contributed by atoms with E-state index >= 15 is 0 Å². The van der Waals surface area contributed by atoms with Gasteiger partial charge in [0.2, 0.25) is 17.5 Å². The molecule has 2 aliphatic rings. The summed E-state index contributed by atoms with van der Waals surface area (Å²) in [5, 5.41) is 53.9. The smallest absolute Gasteiger partial charge is 0.317 e. The van der Waals surface area contributed by atoms with Crippen molar-refractivity contribution >= 4 is 64.4 Å². The lowest BCUT2D eigenvalue weighted by molar-refractivity contribution is -0.438. The van der Waals surface area contributed by atoms with Crippen LogP contribution in [0, 0.1) is 0 Å². The number of carboxylic acids is 5. The van der Waals surface area contributed by atoms with Crippen LogP contribution < -0.4 is 15.5 Å². The molecule has 116 heavy (non-hydrogen) atoms. The summed E-state index contributed by atoms with van der Waals surface area (Å²) in [6.45, 7) is 13.2. The number of hydrogen-bond donors (Lipinski definition) is 7. The Hall–Kier alpha value is -7.48. The van der Waals surface area contributed by atoms with Gasteiger partial charge in [-0.1, -0.05) is 326 Å². The molecular formula is C97H154N7O12+. The van der Waals surface area contributed by atoms with Crippen LogP contribution in [-0.2, 0) is 57.4 Å². The van der Waals surface area contributed by atoms with Gasteiger partial charge < -0.3 is 41.1 Å². The monoisotopic (exact) mass is 1610 g/mol. The molecule has 0 spiro atoms. The van der Waals surface area contributed by atoms with Crippen LogP contribution in [0.15, 0.2) is 103 Å². The van der Waals surface area contributed by atoms with E-state index in [-0.39, 0.29) is 68.0 Å². The van der Waals surface area contributed by atoms with Gasteiger partial charge in [-0.15, -0.1) is 0 Å². The summed E-state index contributed by atoms with van der Waals surface area (Å²) < 4.78 is 2.59. The molecule has 3 aromatic rings. The number of nitrogens with one attached hydrogen (secondary N) is 2. The maximum absolute atomic E-state index is 13.4. The quantitative estimate of drug-likeness (QED) is 0.0157. The highest BCUT2D eigenvalue weighted by Crippen LogP contribution is 2.48. The van der Waals surface area contributed by atoms with Gasteiger partial charge in [-0.3, -0.25) is 48.3 Å². The second-order valence-electron chi connectivity index (χ2n) is 34.4. The largest absolute Gasteiger partial charge is 0.480 e. The van der Waals surface area contributed by atoms with E-state index in [2.05, 4.69) is 134 Å². The number of rotatable bonds is 71. The molecule has 0 saturated heterocycles. The number of hydrogen-bond acceptors (Lipinski definition) is 11. The third-order valence-electron chi connectivity index (χ3n) is 23.7. The number of anilines is 2. The fraction of sp³-hybridized carbons (Fsp3) is 0.670. The Balaban J connectivity index is 1.16. The lowest BCUT2D eigenvalue weighted by Crippen LogP contribution is -2.46. The van der Waals surface area contributed by atoms with Gasteiger partial charge in [0.05, 0.1) is 38.1 Å². The number of amides is 2. The first-order valence-electron chi connectivity index (χ1n) is 45.7. The maximum Gasteiger partial charge on any atom is 0.317 e. The highest BCUT2D eigenvalue weighted by molar-refractivity contribution is 6.03. The summed E-state index contributed by atoms with van der Waals surface area (Å²) in [5.41, 5.74) is 9.47. The zero-order chi connectivity index (χ0) is 84.0. The molecule has 0 aromatic heterocycles. The Bertz CT molecular complexity index is 3440. The van der Waals surface area contributed by atoms with E-state index in [4.69, 9.17) is 0 Å². The van der Waals surface area contributed by atoms with Crippen molar-refractivity contribution in [2.75, 3.05) is 75.7 Å². The van der Waals surface area contributed by atoms with Gasteiger partial charge >= 0.3 is 29.8 Å². The zero-order valence-electron chi connectivity index (χ0n) is 72.7. The van der Waals surface area contributed by atoms with Crippen LogP contribution >= 0.6 is 0 Å². The summed E-state index contributed by atoms with van der Waals surface area (Å²) in [6, 6.07) is 21.6. The Kier molecular flexibility index (Phi) is 49.9. The number of fused-ring (bicyclic) bond motifs is 2. The Labute approximate surface area is 699 Å². The van der Waals surface area contributed by atoms with Gasteiger partial charge in [-0.05, 0) is 86.9 Å². The normalized spacial score (nSPS) is 14.3. The van der Waals surface area contributed by atoms with E-state index in [0.29, 0.717) is 24.2 Å². The lowest BCUT2D eigenvalue weighted by Gasteiger charge is -2.32. The highest BCUT2D eigenvalue weighted by Gasteiger charge is 2.44. The van der Waals surface area contributed by atoms with Crippen LogP contribution in [0.2, 0.25) is 0 Å². The number of allylic oxidation sites excluding steroid dienone is 6. The molecule has 0 aliphatic carbocycles. The maximum atomic E-state index is 13.4. The van der Waals surface area contributed by atoms with Crippen LogP contribution in [0.5, 0.6) is 0 Å². The molecule has 5 rings (SSSR count). The van der Waals surface area contributed by atoms with Crippen molar-refractivity contribution < 1.29 is 63.7 Å². The third-order valence-corrected chi connectivity index (χ3v) is 23.7. The molecule has 0 radical (unpaired) electrons. The molecule has 1 unspecified atom stereocenters. The van der Waals surface area contributed by atoms with Crippen LogP contribution in [0.25, 0.3) is 0 Å². The number of benzene rings is 3. The molecule has 0 fully saturated rings. The van der Waals surface area contributed by atoms with Crippen LogP contribution in [0.3, 0.4) is 0 Å². The van der Waals surface area contributed by atoms with Gasteiger partial charge in [-0.25, -0.2) is 0 Å². The highest BCUT2D eigenvalue weighted by atomic mass is 16.4. The van der Waals surface area contributed by atoms with Gasteiger partial charge in [0, 0.05) is 98.2 Å². The molecule has 1 atom stereocenters. The van der Waals surface area contributed by atoms with Crippen molar-refractivity contribution in [3.05, 3.63) is 125 Å². The number of carbonyl (C=O) groups is 7. The van der Waals surface area contributed by atoms with E-state index in [1.54, 1.807) is 24.3 Å². The fourth-order valence-corrected chi connectivity index (χ4v) is 17.0. The van der Waals surface area contributed by atoms with E-state index in [1.807, 2.05) is 0 Å². The number of aliphatic carboxylic acids is 5. The fourth-order valence-electron chi connectivity index (χ4n) is 17.0. The zero-order valence-corrected chi connectivity index (χ0v) is 72.7. The van der Waals surface area contributed by atoms with Gasteiger partial charge in [0.25, 0.3) is 0 Å². The summed E-state index contributed by atoms with van der Waals surface area (Å²) in [6.07, 6.45) is 66.6. The molecule has 2 aliphatic heterocycles. The van der Waals surface area contributed by atoms with Crippen molar-refractivity contribution in [1.29, 1.82) is 0 Å². The van der Waals surface area contributed by atoms with Crippen molar-refractivity contribution in [2.24, 2.45) is 0 Å². The second-order valence-corrected chi connectivity index (χ2v) is 34.4. The number of carbonyl (C=O) groups excluding carboxylic acids is 2. The molecule has 0 bridgehead atoms. The van der Waals surface area contributed by atoms with E-state index in [9.17, 15) is 59.1 Å². The van der Waals surface area contributed by atoms with Crippen LogP contribution in [0.1, 0.15) is 346 Å². The van der Waals surface area contributed by atoms with E-state index in [1.165, 1.54) is 294 Å². The van der Waals surface area contributed by atoms with Crippen LogP contribution in [0.4, 0.5) is 17.1 Å². The lowest BCUT2D eigenvalue weighted by atomic mass is 9.81. The summed E-state index contributed by atoms with van der Waals surface area (Å²) in [4.78, 5) is 91.8. The minimum absolute atomic E-state index is 0.0302.